The summed E-state index contributed by atoms with van der Waals surface area (Å²) >= 11 is 0. The number of nitro groups is 1. The summed E-state index contributed by atoms with van der Waals surface area (Å²) in [6.07, 6.45) is 2.71. The maximum Gasteiger partial charge on any atom is 0.290 e. The second kappa shape index (κ2) is 4.41. The van der Waals surface area contributed by atoms with E-state index in [1.165, 1.54) is 6.20 Å². The van der Waals surface area contributed by atoms with Gasteiger partial charge in [-0.3, -0.25) is 10.1 Å². The summed E-state index contributed by atoms with van der Waals surface area (Å²) in [6.45, 7) is 6.94. The minimum atomic E-state index is -0.403. The van der Waals surface area contributed by atoms with Crippen molar-refractivity contribution >= 4 is 11.5 Å². The number of nitrogens with zero attached hydrogens (tertiary/aromatic N) is 2. The van der Waals surface area contributed by atoms with Gasteiger partial charge < -0.3 is 10.1 Å². The molecule has 0 amide bonds. The third kappa shape index (κ3) is 1.86. The Balaban J connectivity index is 1.78. The molecule has 1 aromatic heterocycles. The van der Waals surface area contributed by atoms with Crippen LogP contribution in [0.5, 0.6) is 0 Å². The zero-order chi connectivity index (χ0) is 14.5. The Labute approximate surface area is 117 Å². The standard InChI is InChI=1S/C14H19N3O3/c1-8-6-11(15-7-10(8)17(18)19)16-12-9-4-5-20-13(9)14(12,2)3/h6-7,9,12-13H,4-5H2,1-3H3,(H,15,16). The van der Waals surface area contributed by atoms with E-state index in [0.29, 0.717) is 29.4 Å². The fourth-order valence-corrected chi connectivity index (χ4v) is 3.60. The van der Waals surface area contributed by atoms with Crippen LogP contribution in [-0.2, 0) is 4.74 Å². The number of nitrogens with one attached hydrogen (secondary N) is 1. The van der Waals surface area contributed by atoms with Crippen LogP contribution in [0.1, 0.15) is 25.8 Å². The number of fused-ring (bicyclic) bond motifs is 1. The zero-order valence-electron chi connectivity index (χ0n) is 11.9. The van der Waals surface area contributed by atoms with Crippen molar-refractivity contribution in [3.63, 3.8) is 0 Å². The average molecular weight is 277 g/mol. The van der Waals surface area contributed by atoms with Crippen LogP contribution in [-0.4, -0.2) is 28.7 Å². The molecule has 0 aromatic carbocycles. The van der Waals surface area contributed by atoms with Gasteiger partial charge in [-0.1, -0.05) is 13.8 Å². The Hall–Kier alpha value is -1.69. The predicted octanol–water partition coefficient (Wildman–Crippen LogP) is 2.52. The van der Waals surface area contributed by atoms with Gasteiger partial charge in [0.25, 0.3) is 5.69 Å². The van der Waals surface area contributed by atoms with Crippen molar-refractivity contribution in [2.75, 3.05) is 11.9 Å². The molecule has 1 aliphatic heterocycles. The first-order chi connectivity index (χ1) is 9.41. The quantitative estimate of drug-likeness (QED) is 0.678. The molecule has 3 unspecified atom stereocenters. The van der Waals surface area contributed by atoms with Gasteiger partial charge in [-0.15, -0.1) is 0 Å². The van der Waals surface area contributed by atoms with Crippen molar-refractivity contribution in [1.82, 2.24) is 4.98 Å². The van der Waals surface area contributed by atoms with Crippen LogP contribution in [0.4, 0.5) is 11.5 Å². The van der Waals surface area contributed by atoms with Crippen LogP contribution < -0.4 is 5.32 Å². The van der Waals surface area contributed by atoms with Gasteiger partial charge in [-0.2, -0.15) is 0 Å². The summed E-state index contributed by atoms with van der Waals surface area (Å²) in [7, 11) is 0. The minimum Gasteiger partial charge on any atom is -0.377 e. The summed E-state index contributed by atoms with van der Waals surface area (Å²) in [5, 5.41) is 14.2. The SMILES string of the molecule is Cc1cc(NC2C3CCOC3C2(C)C)ncc1[N+](=O)[O-]. The van der Waals surface area contributed by atoms with Crippen molar-refractivity contribution in [3.8, 4) is 0 Å². The van der Waals surface area contributed by atoms with E-state index in [1.807, 2.05) is 0 Å². The van der Waals surface area contributed by atoms with E-state index in [4.69, 9.17) is 4.74 Å². The number of hydrogen-bond donors (Lipinski definition) is 1. The third-order valence-corrected chi connectivity index (χ3v) is 4.68. The molecule has 1 aromatic rings. The molecule has 1 saturated heterocycles. The highest BCUT2D eigenvalue weighted by Crippen LogP contribution is 2.53. The molecule has 0 radical (unpaired) electrons. The lowest BCUT2D eigenvalue weighted by Gasteiger charge is -2.54. The van der Waals surface area contributed by atoms with Crippen molar-refractivity contribution in [1.29, 1.82) is 0 Å². The fourth-order valence-electron chi connectivity index (χ4n) is 3.60. The van der Waals surface area contributed by atoms with E-state index >= 15 is 0 Å². The van der Waals surface area contributed by atoms with E-state index in [9.17, 15) is 10.1 Å². The summed E-state index contributed by atoms with van der Waals surface area (Å²) in [6, 6.07) is 2.06. The topological polar surface area (TPSA) is 77.3 Å². The molecule has 3 rings (SSSR count). The molecule has 3 atom stereocenters. The molecular formula is C14H19N3O3. The van der Waals surface area contributed by atoms with Gasteiger partial charge in [-0.25, -0.2) is 4.98 Å². The van der Waals surface area contributed by atoms with Crippen LogP contribution in [0.3, 0.4) is 0 Å². The van der Waals surface area contributed by atoms with Gasteiger partial charge in [0, 0.05) is 29.5 Å². The molecular weight excluding hydrogens is 258 g/mol. The van der Waals surface area contributed by atoms with Crippen molar-refractivity contribution in [2.45, 2.75) is 39.3 Å². The highest BCUT2D eigenvalue weighted by atomic mass is 16.6. The summed E-state index contributed by atoms with van der Waals surface area (Å²) < 4.78 is 5.76. The summed E-state index contributed by atoms with van der Waals surface area (Å²) in [4.78, 5) is 14.6. The number of aryl methyl sites for hydroxylation is 1. The fraction of sp³-hybridized carbons (Fsp3) is 0.643. The monoisotopic (exact) mass is 277 g/mol. The van der Waals surface area contributed by atoms with Crippen LogP contribution in [0.15, 0.2) is 12.3 Å². The van der Waals surface area contributed by atoms with E-state index in [0.717, 1.165) is 13.0 Å². The maximum absolute atomic E-state index is 10.8. The predicted molar refractivity (Wildman–Crippen MR) is 74.7 cm³/mol. The summed E-state index contributed by atoms with van der Waals surface area (Å²) in [5.41, 5.74) is 0.757. The van der Waals surface area contributed by atoms with E-state index in [-0.39, 0.29) is 11.1 Å². The molecule has 1 aliphatic carbocycles. The molecule has 6 heteroatoms. The molecule has 0 bridgehead atoms. The number of ether oxygens (including phenoxy) is 1. The minimum absolute atomic E-state index is 0.0606. The van der Waals surface area contributed by atoms with Crippen molar-refractivity contribution in [3.05, 3.63) is 27.9 Å². The first-order valence-electron chi connectivity index (χ1n) is 6.90. The molecule has 20 heavy (non-hydrogen) atoms. The van der Waals surface area contributed by atoms with Crippen LogP contribution >= 0.6 is 0 Å². The van der Waals surface area contributed by atoms with Gasteiger partial charge >= 0.3 is 0 Å². The van der Waals surface area contributed by atoms with Gasteiger partial charge in [0.05, 0.1) is 11.0 Å². The Kier molecular flexibility index (Phi) is 2.93. The molecule has 2 heterocycles. The molecule has 2 aliphatic rings. The second-order valence-corrected chi connectivity index (χ2v) is 6.30. The molecule has 108 valence electrons. The molecule has 2 fully saturated rings. The third-order valence-electron chi connectivity index (χ3n) is 4.68. The molecule has 1 saturated carbocycles. The highest BCUT2D eigenvalue weighted by molar-refractivity contribution is 5.48. The number of aromatic nitrogens is 1. The largest absolute Gasteiger partial charge is 0.377 e. The lowest BCUT2D eigenvalue weighted by molar-refractivity contribution is -0.385. The number of rotatable bonds is 3. The maximum atomic E-state index is 10.8. The van der Waals surface area contributed by atoms with Crippen LogP contribution in [0.25, 0.3) is 0 Å². The molecule has 6 nitrogen and oxygen atoms in total. The second-order valence-electron chi connectivity index (χ2n) is 6.30. The van der Waals surface area contributed by atoms with Crippen LogP contribution in [0.2, 0.25) is 0 Å². The Morgan fingerprint density at radius 3 is 2.95 bits per heavy atom. The van der Waals surface area contributed by atoms with E-state index in [2.05, 4.69) is 24.1 Å². The molecule has 1 N–H and O–H groups in total. The van der Waals surface area contributed by atoms with E-state index < -0.39 is 4.92 Å². The zero-order valence-corrected chi connectivity index (χ0v) is 11.9. The van der Waals surface area contributed by atoms with Gasteiger partial charge in [-0.05, 0) is 19.4 Å². The molecule has 0 spiro atoms. The lowest BCUT2D eigenvalue weighted by Crippen LogP contribution is -2.63. The van der Waals surface area contributed by atoms with Crippen molar-refractivity contribution < 1.29 is 9.66 Å². The Morgan fingerprint density at radius 2 is 2.30 bits per heavy atom. The number of pyridine rings is 1. The van der Waals surface area contributed by atoms with E-state index in [1.54, 1.807) is 13.0 Å². The first-order valence-corrected chi connectivity index (χ1v) is 6.90. The highest BCUT2D eigenvalue weighted by Gasteiger charge is 2.59. The Bertz CT molecular complexity index is 559. The number of hydrogen-bond acceptors (Lipinski definition) is 5. The number of anilines is 1. The first kappa shape index (κ1) is 13.3. The lowest BCUT2D eigenvalue weighted by atomic mass is 9.57. The van der Waals surface area contributed by atoms with Gasteiger partial charge in [0.2, 0.25) is 0 Å². The smallest absolute Gasteiger partial charge is 0.290 e. The van der Waals surface area contributed by atoms with Gasteiger partial charge in [0.1, 0.15) is 12.0 Å². The van der Waals surface area contributed by atoms with Crippen LogP contribution in [0, 0.1) is 28.4 Å². The summed E-state index contributed by atoms with van der Waals surface area (Å²) in [5.74, 6) is 1.22. The van der Waals surface area contributed by atoms with Crippen molar-refractivity contribution in [2.24, 2.45) is 11.3 Å². The average Bonchev–Trinajstić information content (AvgIpc) is 2.82. The normalized spacial score (nSPS) is 30.4. The van der Waals surface area contributed by atoms with Gasteiger partial charge in [0.15, 0.2) is 0 Å². The Morgan fingerprint density at radius 1 is 1.55 bits per heavy atom.